The molecule has 0 radical (unpaired) electrons. The van der Waals surface area contributed by atoms with Crippen molar-refractivity contribution < 1.29 is 22.7 Å². The van der Waals surface area contributed by atoms with E-state index in [-0.39, 0.29) is 29.1 Å². The number of amides is 2. The van der Waals surface area contributed by atoms with Crippen molar-refractivity contribution in [3.8, 4) is 5.75 Å². The summed E-state index contributed by atoms with van der Waals surface area (Å²) >= 11 is 6.40. The summed E-state index contributed by atoms with van der Waals surface area (Å²) in [7, 11) is -2.60. The predicted molar refractivity (Wildman–Crippen MR) is 165 cm³/mol. The predicted octanol–water partition coefficient (Wildman–Crippen LogP) is 5.64. The van der Waals surface area contributed by atoms with Gasteiger partial charge in [0.2, 0.25) is 11.8 Å². The van der Waals surface area contributed by atoms with Crippen molar-refractivity contribution in [2.24, 2.45) is 0 Å². The number of carbonyl (C=O) groups excluding carboxylic acids is 2. The zero-order valence-electron chi connectivity index (χ0n) is 24.5. The fourth-order valence-electron chi connectivity index (χ4n) is 5.01. The molecule has 42 heavy (non-hydrogen) atoms. The van der Waals surface area contributed by atoms with Crippen molar-refractivity contribution >= 4 is 39.1 Å². The highest BCUT2D eigenvalue weighted by Gasteiger charge is 2.33. The third-order valence-electron chi connectivity index (χ3n) is 7.71. The minimum atomic E-state index is -4.17. The highest BCUT2D eigenvalue weighted by molar-refractivity contribution is 7.92. The number of benzene rings is 3. The van der Waals surface area contributed by atoms with Gasteiger partial charge >= 0.3 is 0 Å². The van der Waals surface area contributed by atoms with Gasteiger partial charge in [0, 0.05) is 17.6 Å². The van der Waals surface area contributed by atoms with Crippen molar-refractivity contribution in [1.29, 1.82) is 0 Å². The summed E-state index contributed by atoms with van der Waals surface area (Å²) in [6, 6.07) is 17.8. The van der Waals surface area contributed by atoms with Gasteiger partial charge in [0.1, 0.15) is 18.3 Å². The molecule has 0 bridgehead atoms. The number of anilines is 1. The highest BCUT2D eigenvalue weighted by atomic mass is 35.5. The number of rotatable bonds is 11. The van der Waals surface area contributed by atoms with Gasteiger partial charge in [-0.2, -0.15) is 0 Å². The Balaban J connectivity index is 1.70. The van der Waals surface area contributed by atoms with Crippen LogP contribution in [0.2, 0.25) is 5.02 Å². The lowest BCUT2D eigenvalue weighted by Crippen LogP contribution is -2.52. The Kier molecular flexibility index (Phi) is 10.2. The molecule has 0 unspecified atom stereocenters. The summed E-state index contributed by atoms with van der Waals surface area (Å²) in [6.07, 6.45) is 3.92. The zero-order valence-corrected chi connectivity index (χ0v) is 26.0. The number of hydrogen-bond acceptors (Lipinski definition) is 5. The number of carbonyl (C=O) groups is 2. The van der Waals surface area contributed by atoms with E-state index < -0.39 is 28.5 Å². The minimum Gasteiger partial charge on any atom is -0.497 e. The molecule has 3 aromatic rings. The first kappa shape index (κ1) is 31.4. The molecule has 0 spiro atoms. The number of sulfonamides is 1. The van der Waals surface area contributed by atoms with E-state index in [9.17, 15) is 18.0 Å². The van der Waals surface area contributed by atoms with Gasteiger partial charge in [-0.25, -0.2) is 8.42 Å². The fourth-order valence-corrected chi connectivity index (χ4v) is 6.59. The van der Waals surface area contributed by atoms with Gasteiger partial charge in [0.05, 0.1) is 17.7 Å². The molecular formula is C32H38ClN3O5S. The number of nitrogens with one attached hydrogen (secondary N) is 1. The second-order valence-electron chi connectivity index (χ2n) is 10.8. The summed E-state index contributed by atoms with van der Waals surface area (Å²) in [5.74, 6) is -0.127. The molecule has 0 heterocycles. The summed E-state index contributed by atoms with van der Waals surface area (Å²) < 4.78 is 34.3. The van der Waals surface area contributed by atoms with Crippen LogP contribution < -0.4 is 14.4 Å². The maximum absolute atomic E-state index is 14.1. The third kappa shape index (κ3) is 7.44. The first-order valence-corrected chi connectivity index (χ1v) is 15.9. The Morgan fingerprint density at radius 2 is 1.64 bits per heavy atom. The summed E-state index contributed by atoms with van der Waals surface area (Å²) in [5, 5.41) is 3.45. The van der Waals surface area contributed by atoms with E-state index in [1.807, 2.05) is 26.0 Å². The van der Waals surface area contributed by atoms with Gasteiger partial charge in [0.15, 0.2) is 0 Å². The van der Waals surface area contributed by atoms with Crippen molar-refractivity contribution in [3.63, 3.8) is 0 Å². The van der Waals surface area contributed by atoms with Gasteiger partial charge in [-0.05, 0) is 81.1 Å². The van der Waals surface area contributed by atoms with Crippen LogP contribution in [0, 0.1) is 13.8 Å². The van der Waals surface area contributed by atoms with Crippen LogP contribution in [-0.4, -0.2) is 50.9 Å². The number of nitrogens with zero attached hydrogens (tertiary/aromatic N) is 2. The Bertz CT molecular complexity index is 1500. The van der Waals surface area contributed by atoms with Crippen LogP contribution in [-0.2, 0) is 26.2 Å². The monoisotopic (exact) mass is 611 g/mol. The van der Waals surface area contributed by atoms with E-state index in [0.717, 1.165) is 46.7 Å². The SMILES string of the molecule is COc1ccc(CN(C(=O)CN(c2ccc(C)c(Cl)c2)S(=O)(=O)c2ccc(C)cc2)[C@@H](C)C(=O)NC2CCCC2)cc1. The average molecular weight is 612 g/mol. The van der Waals surface area contributed by atoms with E-state index >= 15 is 0 Å². The van der Waals surface area contributed by atoms with E-state index in [1.54, 1.807) is 56.5 Å². The molecule has 3 aromatic carbocycles. The Hall–Kier alpha value is -3.56. The number of ether oxygens (including phenoxy) is 1. The lowest BCUT2D eigenvalue weighted by atomic mass is 10.1. The van der Waals surface area contributed by atoms with Gasteiger partial charge in [-0.1, -0.05) is 60.3 Å². The summed E-state index contributed by atoms with van der Waals surface area (Å²) in [5.41, 5.74) is 2.71. The van der Waals surface area contributed by atoms with Crippen molar-refractivity contribution in [1.82, 2.24) is 10.2 Å². The quantitative estimate of drug-likeness (QED) is 0.303. The normalized spacial score (nSPS) is 14.3. The lowest BCUT2D eigenvalue weighted by molar-refractivity contribution is -0.139. The topological polar surface area (TPSA) is 96.0 Å². The van der Waals surface area contributed by atoms with Crippen LogP contribution in [0.3, 0.4) is 0 Å². The molecule has 1 aliphatic rings. The van der Waals surface area contributed by atoms with E-state index in [4.69, 9.17) is 16.3 Å². The number of methoxy groups -OCH3 is 1. The van der Waals surface area contributed by atoms with Gasteiger partial charge in [-0.3, -0.25) is 13.9 Å². The van der Waals surface area contributed by atoms with Crippen molar-refractivity contribution in [2.45, 2.75) is 70.0 Å². The Morgan fingerprint density at radius 1 is 1.00 bits per heavy atom. The molecule has 2 amide bonds. The molecule has 10 heteroatoms. The first-order chi connectivity index (χ1) is 20.0. The molecule has 1 N–H and O–H groups in total. The smallest absolute Gasteiger partial charge is 0.264 e. The van der Waals surface area contributed by atoms with Crippen LogP contribution in [0.1, 0.15) is 49.3 Å². The molecule has 0 aromatic heterocycles. The molecule has 0 aliphatic heterocycles. The van der Waals surface area contributed by atoms with Gasteiger partial charge < -0.3 is 15.0 Å². The molecule has 4 rings (SSSR count). The Labute approximate surface area is 253 Å². The van der Waals surface area contributed by atoms with Crippen LogP contribution in [0.25, 0.3) is 0 Å². The summed E-state index contributed by atoms with van der Waals surface area (Å²) in [4.78, 5) is 28.9. The average Bonchev–Trinajstić information content (AvgIpc) is 3.49. The number of halogens is 1. The molecule has 1 fully saturated rings. The largest absolute Gasteiger partial charge is 0.497 e. The maximum atomic E-state index is 14.1. The van der Waals surface area contributed by atoms with Crippen molar-refractivity contribution in [2.75, 3.05) is 18.0 Å². The third-order valence-corrected chi connectivity index (χ3v) is 9.91. The van der Waals surface area contributed by atoms with Crippen LogP contribution >= 0.6 is 11.6 Å². The molecule has 1 aliphatic carbocycles. The first-order valence-electron chi connectivity index (χ1n) is 14.1. The number of aryl methyl sites for hydroxylation is 2. The van der Waals surface area contributed by atoms with E-state index in [1.165, 1.54) is 17.0 Å². The van der Waals surface area contributed by atoms with Gasteiger partial charge in [0.25, 0.3) is 10.0 Å². The molecular weight excluding hydrogens is 574 g/mol. The van der Waals surface area contributed by atoms with E-state index in [0.29, 0.717) is 10.8 Å². The molecule has 8 nitrogen and oxygen atoms in total. The molecule has 1 atom stereocenters. The highest BCUT2D eigenvalue weighted by Crippen LogP contribution is 2.29. The number of hydrogen-bond donors (Lipinski definition) is 1. The standard InChI is InChI=1S/C32H38ClN3O5S/c1-22-9-17-29(18-10-22)42(39,40)36(27-14-11-23(2)30(33)19-27)21-31(37)35(20-25-12-15-28(41-4)16-13-25)24(3)32(38)34-26-7-5-6-8-26/h9-19,24,26H,5-8,20-21H2,1-4H3,(H,34,38)/t24-/m0/s1. The zero-order chi connectivity index (χ0) is 30.4. The molecule has 0 saturated heterocycles. The second-order valence-corrected chi connectivity index (χ2v) is 13.1. The maximum Gasteiger partial charge on any atom is 0.264 e. The lowest BCUT2D eigenvalue weighted by Gasteiger charge is -2.32. The molecule has 1 saturated carbocycles. The van der Waals surface area contributed by atoms with E-state index in [2.05, 4.69) is 5.32 Å². The second kappa shape index (κ2) is 13.6. The fraction of sp³-hybridized carbons (Fsp3) is 0.375. The van der Waals surface area contributed by atoms with Crippen LogP contribution in [0.5, 0.6) is 5.75 Å². The summed E-state index contributed by atoms with van der Waals surface area (Å²) in [6.45, 7) is 4.94. The van der Waals surface area contributed by atoms with Crippen LogP contribution in [0.4, 0.5) is 5.69 Å². The minimum absolute atomic E-state index is 0.0475. The Morgan fingerprint density at radius 3 is 2.24 bits per heavy atom. The van der Waals surface area contributed by atoms with Crippen molar-refractivity contribution in [3.05, 3.63) is 88.4 Å². The molecule has 224 valence electrons. The van der Waals surface area contributed by atoms with Crippen LogP contribution in [0.15, 0.2) is 71.6 Å². The van der Waals surface area contributed by atoms with Gasteiger partial charge in [-0.15, -0.1) is 0 Å².